The first kappa shape index (κ1) is 9.68. The molecule has 0 aliphatic carbocycles. The van der Waals surface area contributed by atoms with E-state index in [1.807, 2.05) is 0 Å². The molecule has 0 fully saturated rings. The molecule has 1 N–H and O–H groups in total. The first-order valence-corrected chi connectivity index (χ1v) is 4.47. The summed E-state index contributed by atoms with van der Waals surface area (Å²) in [4.78, 5) is 0. The summed E-state index contributed by atoms with van der Waals surface area (Å²) >= 11 is 3.24. The summed E-state index contributed by atoms with van der Waals surface area (Å²) in [6, 6.07) is 5.13. The fourth-order valence-electron chi connectivity index (χ4n) is 0.992. The van der Waals surface area contributed by atoms with Crippen LogP contribution >= 0.6 is 15.9 Å². The lowest BCUT2D eigenvalue weighted by Crippen LogP contribution is -1.90. The van der Waals surface area contributed by atoms with E-state index in [2.05, 4.69) is 15.9 Å². The highest BCUT2D eigenvalue weighted by atomic mass is 79.9. The molecule has 0 spiro atoms. The van der Waals surface area contributed by atoms with E-state index in [0.29, 0.717) is 10.0 Å². The standard InChI is InChI=1S/C9H10BrFO/c1-6(11)8-3-2-7(5-12)4-9(8)10/h2-4,6,12H,5H2,1H3. The Labute approximate surface area is 79.4 Å². The molecule has 0 aromatic heterocycles. The Hall–Kier alpha value is -0.410. The Morgan fingerprint density at radius 1 is 1.58 bits per heavy atom. The number of hydrogen-bond donors (Lipinski definition) is 1. The summed E-state index contributed by atoms with van der Waals surface area (Å²) in [5.74, 6) is 0. The lowest BCUT2D eigenvalue weighted by molar-refractivity contribution is 0.281. The van der Waals surface area contributed by atoms with Gasteiger partial charge in [0, 0.05) is 4.47 Å². The molecule has 0 amide bonds. The first-order chi connectivity index (χ1) is 5.65. The maximum Gasteiger partial charge on any atom is 0.123 e. The topological polar surface area (TPSA) is 20.2 Å². The molecular formula is C9H10BrFO. The predicted molar refractivity (Wildman–Crippen MR) is 49.6 cm³/mol. The van der Waals surface area contributed by atoms with Crippen molar-refractivity contribution in [2.75, 3.05) is 0 Å². The van der Waals surface area contributed by atoms with Crippen LogP contribution in [0.3, 0.4) is 0 Å². The van der Waals surface area contributed by atoms with Crippen molar-refractivity contribution in [3.8, 4) is 0 Å². The van der Waals surface area contributed by atoms with Gasteiger partial charge in [0.25, 0.3) is 0 Å². The average molecular weight is 233 g/mol. The monoisotopic (exact) mass is 232 g/mol. The van der Waals surface area contributed by atoms with E-state index >= 15 is 0 Å². The Morgan fingerprint density at radius 2 is 2.25 bits per heavy atom. The lowest BCUT2D eigenvalue weighted by Gasteiger charge is -2.06. The van der Waals surface area contributed by atoms with Gasteiger partial charge in [0.15, 0.2) is 0 Å². The van der Waals surface area contributed by atoms with E-state index in [0.717, 1.165) is 5.56 Å². The molecule has 0 aliphatic rings. The number of halogens is 2. The molecule has 12 heavy (non-hydrogen) atoms. The van der Waals surface area contributed by atoms with Crippen LogP contribution in [-0.4, -0.2) is 5.11 Å². The van der Waals surface area contributed by atoms with Crippen molar-refractivity contribution in [2.45, 2.75) is 19.7 Å². The van der Waals surface area contributed by atoms with Crippen LogP contribution in [0, 0.1) is 0 Å². The molecule has 0 radical (unpaired) electrons. The van der Waals surface area contributed by atoms with Gasteiger partial charge in [-0.3, -0.25) is 0 Å². The molecule has 1 atom stereocenters. The van der Waals surface area contributed by atoms with Crippen molar-refractivity contribution in [3.63, 3.8) is 0 Å². The Morgan fingerprint density at radius 3 is 2.67 bits per heavy atom. The van der Waals surface area contributed by atoms with Gasteiger partial charge in [0.2, 0.25) is 0 Å². The summed E-state index contributed by atoms with van der Waals surface area (Å²) in [7, 11) is 0. The molecule has 0 saturated carbocycles. The molecule has 0 heterocycles. The van der Waals surface area contributed by atoms with Crippen LogP contribution in [0.1, 0.15) is 24.2 Å². The van der Waals surface area contributed by atoms with Crippen molar-refractivity contribution in [1.29, 1.82) is 0 Å². The van der Waals surface area contributed by atoms with Crippen molar-refractivity contribution in [1.82, 2.24) is 0 Å². The van der Waals surface area contributed by atoms with Crippen LogP contribution in [0.15, 0.2) is 22.7 Å². The molecule has 1 unspecified atom stereocenters. The largest absolute Gasteiger partial charge is 0.392 e. The van der Waals surface area contributed by atoms with Crippen LogP contribution in [-0.2, 0) is 6.61 Å². The van der Waals surface area contributed by atoms with Crippen LogP contribution in [0.4, 0.5) is 4.39 Å². The highest BCUT2D eigenvalue weighted by Gasteiger charge is 2.07. The second kappa shape index (κ2) is 4.01. The fraction of sp³-hybridized carbons (Fsp3) is 0.333. The quantitative estimate of drug-likeness (QED) is 0.832. The second-order valence-corrected chi connectivity index (χ2v) is 3.48. The molecule has 0 saturated heterocycles. The first-order valence-electron chi connectivity index (χ1n) is 3.68. The number of aliphatic hydroxyl groups is 1. The molecule has 0 bridgehead atoms. The third kappa shape index (κ3) is 2.05. The Balaban J connectivity index is 3.03. The molecule has 3 heteroatoms. The van der Waals surface area contributed by atoms with Gasteiger partial charge in [-0.05, 0) is 24.1 Å². The minimum atomic E-state index is -0.980. The molecule has 66 valence electrons. The van der Waals surface area contributed by atoms with Crippen molar-refractivity contribution in [3.05, 3.63) is 33.8 Å². The van der Waals surface area contributed by atoms with Crippen LogP contribution in [0.2, 0.25) is 0 Å². The summed E-state index contributed by atoms with van der Waals surface area (Å²) in [5, 5.41) is 8.78. The van der Waals surface area contributed by atoms with Crippen molar-refractivity contribution >= 4 is 15.9 Å². The summed E-state index contributed by atoms with van der Waals surface area (Å²) < 4.78 is 13.5. The van der Waals surface area contributed by atoms with Gasteiger partial charge >= 0.3 is 0 Å². The highest BCUT2D eigenvalue weighted by Crippen LogP contribution is 2.26. The van der Waals surface area contributed by atoms with Gasteiger partial charge < -0.3 is 5.11 Å². The van der Waals surface area contributed by atoms with Gasteiger partial charge in [-0.25, -0.2) is 4.39 Å². The molecule has 1 aromatic rings. The van der Waals surface area contributed by atoms with Gasteiger partial charge in [-0.1, -0.05) is 28.1 Å². The van der Waals surface area contributed by atoms with Crippen LogP contribution < -0.4 is 0 Å². The van der Waals surface area contributed by atoms with E-state index < -0.39 is 6.17 Å². The smallest absolute Gasteiger partial charge is 0.123 e. The SMILES string of the molecule is CC(F)c1ccc(CO)cc1Br. The molecule has 1 nitrogen and oxygen atoms in total. The van der Waals surface area contributed by atoms with Gasteiger partial charge in [0.1, 0.15) is 6.17 Å². The van der Waals surface area contributed by atoms with Crippen molar-refractivity contribution in [2.24, 2.45) is 0 Å². The number of aliphatic hydroxyl groups excluding tert-OH is 1. The fourth-order valence-corrected chi connectivity index (χ4v) is 1.73. The van der Waals surface area contributed by atoms with E-state index in [-0.39, 0.29) is 6.61 Å². The minimum Gasteiger partial charge on any atom is -0.392 e. The van der Waals surface area contributed by atoms with Gasteiger partial charge in [0.05, 0.1) is 6.61 Å². The average Bonchev–Trinajstić information content (AvgIpc) is 2.03. The molecule has 1 aromatic carbocycles. The Kier molecular flexibility index (Phi) is 3.23. The molecule has 1 rings (SSSR count). The van der Waals surface area contributed by atoms with E-state index in [4.69, 9.17) is 5.11 Å². The van der Waals surface area contributed by atoms with Gasteiger partial charge in [-0.2, -0.15) is 0 Å². The number of alkyl halides is 1. The second-order valence-electron chi connectivity index (χ2n) is 2.63. The third-order valence-electron chi connectivity index (χ3n) is 1.68. The zero-order valence-corrected chi connectivity index (χ0v) is 8.31. The molecular weight excluding hydrogens is 223 g/mol. The lowest BCUT2D eigenvalue weighted by atomic mass is 10.1. The van der Waals surface area contributed by atoms with Crippen LogP contribution in [0.25, 0.3) is 0 Å². The zero-order chi connectivity index (χ0) is 9.14. The van der Waals surface area contributed by atoms with E-state index in [1.165, 1.54) is 6.92 Å². The maximum atomic E-state index is 12.8. The maximum absolute atomic E-state index is 12.8. The summed E-state index contributed by atoms with van der Waals surface area (Å²) in [6.45, 7) is 1.47. The Bertz CT molecular complexity index is 273. The number of hydrogen-bond acceptors (Lipinski definition) is 1. The minimum absolute atomic E-state index is 0.0143. The number of benzene rings is 1. The summed E-state index contributed by atoms with van der Waals surface area (Å²) in [6.07, 6.45) is -0.980. The van der Waals surface area contributed by atoms with Gasteiger partial charge in [-0.15, -0.1) is 0 Å². The van der Waals surface area contributed by atoms with Crippen molar-refractivity contribution < 1.29 is 9.50 Å². The van der Waals surface area contributed by atoms with E-state index in [9.17, 15) is 4.39 Å². The van der Waals surface area contributed by atoms with Crippen LogP contribution in [0.5, 0.6) is 0 Å². The van der Waals surface area contributed by atoms with E-state index in [1.54, 1.807) is 18.2 Å². The summed E-state index contributed by atoms with van der Waals surface area (Å²) in [5.41, 5.74) is 1.40. The highest BCUT2D eigenvalue weighted by molar-refractivity contribution is 9.10. The molecule has 0 aliphatic heterocycles. The predicted octanol–water partition coefficient (Wildman–Crippen LogP) is 2.97. The zero-order valence-electron chi connectivity index (χ0n) is 6.72. The normalized spacial score (nSPS) is 13.0. The number of rotatable bonds is 2. The third-order valence-corrected chi connectivity index (χ3v) is 2.36.